The van der Waals surface area contributed by atoms with Crippen molar-refractivity contribution < 1.29 is 46.7 Å². The highest BCUT2D eigenvalue weighted by atomic mass is 35.5. The molecule has 0 heterocycles. The molecule has 0 N–H and O–H groups in total. The van der Waals surface area contributed by atoms with Crippen LogP contribution in [0.25, 0.3) is 0 Å². The van der Waals surface area contributed by atoms with Gasteiger partial charge in [0.25, 0.3) is 0 Å². The highest BCUT2D eigenvalue weighted by Gasteiger charge is 2.32. The molecule has 2 rings (SSSR count). The molecule has 206 valence electrons. The SMILES string of the molecule is CCOC(=O)CSC(=O)C(C)O/N=C/c1ccc(COC(Oc2ccc(C(F)(F)F)cc2Cl)[N+](=O)[O-])cc1. The van der Waals surface area contributed by atoms with Gasteiger partial charge >= 0.3 is 18.6 Å². The van der Waals surface area contributed by atoms with Crippen LogP contribution in [-0.2, 0) is 36.7 Å². The van der Waals surface area contributed by atoms with Crippen LogP contribution in [0.15, 0.2) is 47.6 Å². The monoisotopic (exact) mass is 578 g/mol. The third kappa shape index (κ3) is 10.2. The summed E-state index contributed by atoms with van der Waals surface area (Å²) in [5.41, 5.74) is 0.0542. The van der Waals surface area contributed by atoms with Gasteiger partial charge in [-0.1, -0.05) is 52.8 Å². The second-order valence-corrected chi connectivity index (χ2v) is 8.69. The highest BCUT2D eigenvalue weighted by molar-refractivity contribution is 8.14. The summed E-state index contributed by atoms with van der Waals surface area (Å²) >= 11 is 6.53. The standard InChI is InChI=1S/C23H22ClF3N2O8S/c1-3-34-20(30)13-38-21(31)14(2)37-28-11-15-4-6-16(7-5-15)12-35-22(29(32)33)36-19-9-8-17(10-18(19)24)23(25,26)27/h4-11,14,22H,3,12-13H2,1-2H3/b28-11+. The van der Waals surface area contributed by atoms with E-state index in [9.17, 15) is 32.9 Å². The molecule has 2 unspecified atom stereocenters. The van der Waals surface area contributed by atoms with Crippen LogP contribution in [-0.4, -0.2) is 47.1 Å². The minimum atomic E-state index is -4.63. The largest absolute Gasteiger partial charge is 0.475 e. The van der Waals surface area contributed by atoms with Crippen molar-refractivity contribution in [1.29, 1.82) is 0 Å². The van der Waals surface area contributed by atoms with Crippen LogP contribution in [0.2, 0.25) is 5.02 Å². The summed E-state index contributed by atoms with van der Waals surface area (Å²) < 4.78 is 53.2. The fourth-order valence-corrected chi connectivity index (χ4v) is 3.41. The van der Waals surface area contributed by atoms with Gasteiger partial charge in [0.05, 0.1) is 40.7 Å². The molecule has 2 atom stereocenters. The van der Waals surface area contributed by atoms with Crippen molar-refractivity contribution in [3.63, 3.8) is 0 Å². The zero-order chi connectivity index (χ0) is 28.3. The van der Waals surface area contributed by atoms with Crippen LogP contribution >= 0.6 is 23.4 Å². The summed E-state index contributed by atoms with van der Waals surface area (Å²) in [7, 11) is 0. The van der Waals surface area contributed by atoms with Crippen LogP contribution in [0, 0.1) is 10.1 Å². The van der Waals surface area contributed by atoms with Crippen LogP contribution in [0.1, 0.15) is 30.5 Å². The molecule has 0 aliphatic heterocycles. The third-order valence-electron chi connectivity index (χ3n) is 4.42. The minimum Gasteiger partial charge on any atom is -0.465 e. The van der Waals surface area contributed by atoms with Crippen LogP contribution < -0.4 is 4.74 Å². The van der Waals surface area contributed by atoms with Crippen molar-refractivity contribution in [1.82, 2.24) is 0 Å². The molecule has 0 amide bonds. The lowest BCUT2D eigenvalue weighted by molar-refractivity contribution is -0.621. The van der Waals surface area contributed by atoms with Gasteiger partial charge in [0.1, 0.15) is 5.75 Å². The number of alkyl halides is 3. The predicted octanol–water partition coefficient (Wildman–Crippen LogP) is 5.08. The van der Waals surface area contributed by atoms with Gasteiger partial charge in [-0.15, -0.1) is 0 Å². The second kappa shape index (κ2) is 14.5. The molecular weight excluding hydrogens is 557 g/mol. The van der Waals surface area contributed by atoms with Gasteiger partial charge in [0.15, 0.2) is 6.10 Å². The smallest absolute Gasteiger partial charge is 0.465 e. The first-order valence-corrected chi connectivity index (χ1v) is 12.2. The summed E-state index contributed by atoms with van der Waals surface area (Å²) in [4.78, 5) is 38.7. The zero-order valence-corrected chi connectivity index (χ0v) is 21.5. The molecule has 0 aliphatic rings. The van der Waals surface area contributed by atoms with E-state index in [1.54, 1.807) is 31.2 Å². The van der Waals surface area contributed by atoms with Gasteiger partial charge < -0.3 is 14.3 Å². The highest BCUT2D eigenvalue weighted by Crippen LogP contribution is 2.35. The summed E-state index contributed by atoms with van der Waals surface area (Å²) in [5, 5.41) is 14.2. The van der Waals surface area contributed by atoms with E-state index in [0.717, 1.165) is 17.8 Å². The van der Waals surface area contributed by atoms with E-state index in [0.29, 0.717) is 23.3 Å². The van der Waals surface area contributed by atoms with Crippen molar-refractivity contribution in [2.24, 2.45) is 5.16 Å². The first-order chi connectivity index (χ1) is 17.9. The number of esters is 1. The summed E-state index contributed by atoms with van der Waals surface area (Å²) in [6.45, 7) is 3.09. The minimum absolute atomic E-state index is 0.132. The first-order valence-electron chi connectivity index (χ1n) is 10.8. The number of nitro groups is 1. The molecule has 0 aromatic heterocycles. The molecule has 15 heteroatoms. The molecule has 2 aromatic carbocycles. The van der Waals surface area contributed by atoms with E-state index in [1.165, 1.54) is 13.1 Å². The van der Waals surface area contributed by atoms with E-state index in [2.05, 4.69) is 5.16 Å². The molecule has 38 heavy (non-hydrogen) atoms. The van der Waals surface area contributed by atoms with E-state index in [-0.39, 0.29) is 24.7 Å². The number of carbonyl (C=O) groups excluding carboxylic acids is 2. The fraction of sp³-hybridized carbons (Fsp3) is 0.348. The normalized spacial score (nSPS) is 13.1. The quantitative estimate of drug-likeness (QED) is 0.105. The van der Waals surface area contributed by atoms with E-state index >= 15 is 0 Å². The Morgan fingerprint density at radius 2 is 1.89 bits per heavy atom. The molecule has 0 bridgehead atoms. The molecule has 0 saturated carbocycles. The van der Waals surface area contributed by atoms with Gasteiger partial charge in [-0.05, 0) is 43.2 Å². The number of thioether (sulfide) groups is 1. The average Bonchev–Trinajstić information content (AvgIpc) is 2.86. The lowest BCUT2D eigenvalue weighted by atomic mass is 10.1. The Balaban J connectivity index is 1.88. The Labute approximate surface area is 224 Å². The Morgan fingerprint density at radius 3 is 2.47 bits per heavy atom. The van der Waals surface area contributed by atoms with Gasteiger partial charge in [-0.3, -0.25) is 24.4 Å². The van der Waals surface area contributed by atoms with Crippen molar-refractivity contribution in [3.8, 4) is 5.75 Å². The van der Waals surface area contributed by atoms with Crippen LogP contribution in [0.3, 0.4) is 0 Å². The molecule has 0 saturated heterocycles. The maximum absolute atomic E-state index is 12.8. The lowest BCUT2D eigenvalue weighted by Gasteiger charge is -2.14. The topological polar surface area (TPSA) is 127 Å². The Bertz CT molecular complexity index is 1150. The maximum atomic E-state index is 12.8. The van der Waals surface area contributed by atoms with Gasteiger partial charge in [-0.2, -0.15) is 13.2 Å². The molecular formula is C23H22ClF3N2O8S. The Morgan fingerprint density at radius 1 is 1.21 bits per heavy atom. The number of hydrogen-bond acceptors (Lipinski definition) is 10. The van der Waals surface area contributed by atoms with Gasteiger partial charge in [0, 0.05) is 0 Å². The predicted molar refractivity (Wildman–Crippen MR) is 131 cm³/mol. The van der Waals surface area contributed by atoms with Crippen molar-refractivity contribution in [2.45, 2.75) is 39.1 Å². The summed E-state index contributed by atoms with van der Waals surface area (Å²) in [6, 6.07) is 8.50. The number of ether oxygens (including phenoxy) is 3. The first kappa shape index (κ1) is 30.9. The van der Waals surface area contributed by atoms with E-state index in [4.69, 9.17) is 30.6 Å². The fourth-order valence-electron chi connectivity index (χ4n) is 2.56. The number of nitrogens with zero attached hydrogens (tertiary/aromatic N) is 2. The molecule has 0 aliphatic carbocycles. The zero-order valence-electron chi connectivity index (χ0n) is 20.0. The number of oxime groups is 1. The number of carbonyl (C=O) groups is 2. The number of rotatable bonds is 13. The molecule has 10 nitrogen and oxygen atoms in total. The van der Waals surface area contributed by atoms with Crippen LogP contribution in [0.4, 0.5) is 13.2 Å². The van der Waals surface area contributed by atoms with Crippen LogP contribution in [0.5, 0.6) is 5.75 Å². The van der Waals surface area contributed by atoms with E-state index in [1.807, 2.05) is 0 Å². The third-order valence-corrected chi connectivity index (χ3v) is 5.71. The van der Waals surface area contributed by atoms with E-state index < -0.39 is 45.3 Å². The molecule has 0 radical (unpaired) electrons. The average molecular weight is 579 g/mol. The second-order valence-electron chi connectivity index (χ2n) is 7.30. The number of hydrogen-bond donors (Lipinski definition) is 0. The molecule has 0 spiro atoms. The summed E-state index contributed by atoms with van der Waals surface area (Å²) in [6.07, 6.45) is -6.24. The lowest BCUT2D eigenvalue weighted by Crippen LogP contribution is -2.29. The number of halogens is 4. The Kier molecular flexibility index (Phi) is 11.8. The molecule has 2 aromatic rings. The van der Waals surface area contributed by atoms with Gasteiger partial charge in [0.2, 0.25) is 5.12 Å². The maximum Gasteiger partial charge on any atom is 0.475 e. The Hall–Kier alpha value is -3.36. The van der Waals surface area contributed by atoms with Gasteiger partial charge in [-0.25, -0.2) is 0 Å². The van der Waals surface area contributed by atoms with Crippen molar-refractivity contribution in [3.05, 3.63) is 74.3 Å². The number of benzene rings is 2. The van der Waals surface area contributed by atoms with Crippen molar-refractivity contribution in [2.75, 3.05) is 12.4 Å². The summed E-state index contributed by atoms with van der Waals surface area (Å²) in [5.74, 6) is -0.988. The van der Waals surface area contributed by atoms with Crippen molar-refractivity contribution >= 4 is 40.7 Å². The molecule has 0 fully saturated rings.